The van der Waals surface area contributed by atoms with E-state index in [9.17, 15) is 4.79 Å². The molecule has 1 saturated heterocycles. The van der Waals surface area contributed by atoms with Crippen LogP contribution in [0.25, 0.3) is 0 Å². The molecule has 1 aliphatic heterocycles. The molecule has 4 heteroatoms. The van der Waals surface area contributed by atoms with Crippen LogP contribution in [0.2, 0.25) is 0 Å². The number of nitrogens with two attached hydrogens (primary N) is 1. The maximum Gasteiger partial charge on any atom is 0.239 e. The minimum absolute atomic E-state index is 0.0737. The molecule has 16 heavy (non-hydrogen) atoms. The van der Waals surface area contributed by atoms with Crippen molar-refractivity contribution in [3.05, 3.63) is 0 Å². The minimum atomic E-state index is -0.387. The molecule has 0 aromatic rings. The van der Waals surface area contributed by atoms with Gasteiger partial charge in [-0.15, -0.1) is 0 Å². The molecule has 0 radical (unpaired) electrons. The van der Waals surface area contributed by atoms with E-state index in [0.29, 0.717) is 5.92 Å². The van der Waals surface area contributed by atoms with Gasteiger partial charge in [-0.2, -0.15) is 0 Å². The van der Waals surface area contributed by atoms with Gasteiger partial charge in [-0.05, 0) is 46.7 Å². The van der Waals surface area contributed by atoms with Crippen LogP contribution in [-0.2, 0) is 4.79 Å². The Kier molecular flexibility index (Phi) is 4.74. The predicted molar refractivity (Wildman–Crippen MR) is 66.1 cm³/mol. The molecule has 4 nitrogen and oxygen atoms in total. The van der Waals surface area contributed by atoms with Crippen LogP contribution < -0.4 is 5.73 Å². The number of carbonyl (C=O) groups excluding carboxylic acids is 1. The largest absolute Gasteiger partial charge is 0.339 e. The van der Waals surface area contributed by atoms with E-state index in [1.54, 1.807) is 6.92 Å². The molecule has 94 valence electrons. The highest BCUT2D eigenvalue weighted by atomic mass is 16.2. The smallest absolute Gasteiger partial charge is 0.239 e. The van der Waals surface area contributed by atoms with Gasteiger partial charge >= 0.3 is 0 Å². The summed E-state index contributed by atoms with van der Waals surface area (Å²) in [7, 11) is 2.13. The van der Waals surface area contributed by atoms with E-state index in [-0.39, 0.29) is 18.0 Å². The number of likely N-dealkylation sites (tertiary alicyclic amines) is 1. The van der Waals surface area contributed by atoms with Gasteiger partial charge in [0.1, 0.15) is 0 Å². The van der Waals surface area contributed by atoms with Gasteiger partial charge in [-0.25, -0.2) is 0 Å². The number of rotatable bonds is 4. The predicted octanol–water partition coefficient (Wildman–Crippen LogP) is 0.522. The van der Waals surface area contributed by atoms with E-state index >= 15 is 0 Å². The maximum absolute atomic E-state index is 11.9. The van der Waals surface area contributed by atoms with Crippen molar-refractivity contribution < 1.29 is 4.79 Å². The Labute approximate surface area is 98.8 Å². The van der Waals surface area contributed by atoms with Crippen LogP contribution in [0.15, 0.2) is 0 Å². The fraction of sp³-hybridized carbons (Fsp3) is 0.917. The lowest BCUT2D eigenvalue weighted by Crippen LogP contribution is -2.47. The van der Waals surface area contributed by atoms with Gasteiger partial charge in [0.2, 0.25) is 5.91 Å². The molecule has 1 aliphatic rings. The van der Waals surface area contributed by atoms with Gasteiger partial charge in [0.05, 0.1) is 6.04 Å². The number of hydrogen-bond donors (Lipinski definition) is 1. The lowest BCUT2D eigenvalue weighted by molar-refractivity contribution is -0.134. The van der Waals surface area contributed by atoms with Crippen LogP contribution >= 0.6 is 0 Å². The van der Waals surface area contributed by atoms with Crippen LogP contribution in [0.4, 0.5) is 0 Å². The minimum Gasteiger partial charge on any atom is -0.339 e. The summed E-state index contributed by atoms with van der Waals surface area (Å²) in [5.74, 6) is 0.680. The first-order valence-corrected chi connectivity index (χ1v) is 6.16. The Morgan fingerprint density at radius 2 is 2.12 bits per heavy atom. The van der Waals surface area contributed by atoms with Crippen molar-refractivity contribution in [3.8, 4) is 0 Å². The molecule has 2 N–H and O–H groups in total. The monoisotopic (exact) mass is 227 g/mol. The molecule has 1 amide bonds. The molecule has 1 heterocycles. The van der Waals surface area contributed by atoms with Crippen molar-refractivity contribution in [2.24, 2.45) is 11.7 Å². The quantitative estimate of drug-likeness (QED) is 0.762. The zero-order valence-corrected chi connectivity index (χ0v) is 10.9. The summed E-state index contributed by atoms with van der Waals surface area (Å²) in [5.41, 5.74) is 5.67. The van der Waals surface area contributed by atoms with Crippen molar-refractivity contribution in [3.63, 3.8) is 0 Å². The first kappa shape index (κ1) is 13.5. The van der Waals surface area contributed by atoms with Crippen LogP contribution in [-0.4, -0.2) is 54.5 Å². The third-order valence-corrected chi connectivity index (χ3v) is 3.24. The SMILES string of the molecule is CC(C)N(CC1CCN(C)C1)C(=O)[C@H](C)N. The number of nitrogens with zero attached hydrogens (tertiary/aromatic N) is 2. The summed E-state index contributed by atoms with van der Waals surface area (Å²) >= 11 is 0. The third-order valence-electron chi connectivity index (χ3n) is 3.24. The molecular formula is C12H25N3O. The Balaban J connectivity index is 2.55. The molecule has 0 aromatic heterocycles. The van der Waals surface area contributed by atoms with E-state index < -0.39 is 0 Å². The lowest BCUT2D eigenvalue weighted by Gasteiger charge is -2.30. The highest BCUT2D eigenvalue weighted by Crippen LogP contribution is 2.17. The lowest BCUT2D eigenvalue weighted by atomic mass is 10.1. The highest BCUT2D eigenvalue weighted by molar-refractivity contribution is 5.81. The molecule has 0 bridgehead atoms. The summed E-state index contributed by atoms with van der Waals surface area (Å²) in [6.45, 7) is 8.96. The van der Waals surface area contributed by atoms with E-state index in [1.807, 2.05) is 4.90 Å². The second kappa shape index (κ2) is 5.64. The van der Waals surface area contributed by atoms with E-state index in [2.05, 4.69) is 25.8 Å². The van der Waals surface area contributed by atoms with Crippen molar-refractivity contribution in [1.82, 2.24) is 9.80 Å². The van der Waals surface area contributed by atoms with E-state index in [0.717, 1.165) is 19.6 Å². The summed E-state index contributed by atoms with van der Waals surface area (Å²) < 4.78 is 0. The normalized spacial score (nSPS) is 23.8. The molecule has 1 fully saturated rings. The number of carbonyl (C=O) groups is 1. The summed E-state index contributed by atoms with van der Waals surface area (Å²) in [6, 6.07) is -0.147. The Bertz CT molecular complexity index is 240. The van der Waals surface area contributed by atoms with Crippen molar-refractivity contribution in [2.75, 3.05) is 26.7 Å². The second-order valence-corrected chi connectivity index (χ2v) is 5.29. The first-order chi connectivity index (χ1) is 7.41. The topological polar surface area (TPSA) is 49.6 Å². The second-order valence-electron chi connectivity index (χ2n) is 5.29. The highest BCUT2D eigenvalue weighted by Gasteiger charge is 2.27. The van der Waals surface area contributed by atoms with Gasteiger partial charge < -0.3 is 15.5 Å². The molecular weight excluding hydrogens is 202 g/mol. The first-order valence-electron chi connectivity index (χ1n) is 6.16. The third kappa shape index (κ3) is 3.46. The molecule has 0 aromatic carbocycles. The van der Waals surface area contributed by atoms with E-state index in [1.165, 1.54) is 6.42 Å². The fourth-order valence-electron chi connectivity index (χ4n) is 2.27. The molecule has 0 saturated carbocycles. The molecule has 0 spiro atoms. The molecule has 1 rings (SSSR count). The zero-order valence-electron chi connectivity index (χ0n) is 10.9. The maximum atomic E-state index is 11.9. The van der Waals surface area contributed by atoms with Crippen LogP contribution in [0.1, 0.15) is 27.2 Å². The fourth-order valence-corrected chi connectivity index (χ4v) is 2.27. The van der Waals surface area contributed by atoms with Crippen LogP contribution in [0.3, 0.4) is 0 Å². The van der Waals surface area contributed by atoms with Gasteiger partial charge in [0, 0.05) is 19.1 Å². The Morgan fingerprint density at radius 3 is 2.50 bits per heavy atom. The number of amides is 1. The van der Waals surface area contributed by atoms with Gasteiger partial charge in [0.25, 0.3) is 0 Å². The van der Waals surface area contributed by atoms with Gasteiger partial charge in [-0.1, -0.05) is 0 Å². The standard InChI is InChI=1S/C12H25N3O/c1-9(2)15(12(16)10(3)13)8-11-5-6-14(4)7-11/h9-11H,5-8,13H2,1-4H3/t10-,11?/m0/s1. The van der Waals surface area contributed by atoms with Gasteiger partial charge in [0.15, 0.2) is 0 Å². The van der Waals surface area contributed by atoms with Crippen LogP contribution in [0, 0.1) is 5.92 Å². The Hall–Kier alpha value is -0.610. The Morgan fingerprint density at radius 1 is 1.50 bits per heavy atom. The van der Waals surface area contributed by atoms with Crippen molar-refractivity contribution in [2.45, 2.75) is 39.3 Å². The average Bonchev–Trinajstić information content (AvgIpc) is 2.59. The molecule has 0 aliphatic carbocycles. The van der Waals surface area contributed by atoms with Crippen molar-refractivity contribution >= 4 is 5.91 Å². The van der Waals surface area contributed by atoms with E-state index in [4.69, 9.17) is 5.73 Å². The molecule has 2 atom stereocenters. The van der Waals surface area contributed by atoms with Gasteiger partial charge in [-0.3, -0.25) is 4.79 Å². The summed E-state index contributed by atoms with van der Waals surface area (Å²) in [4.78, 5) is 16.2. The number of hydrogen-bond acceptors (Lipinski definition) is 3. The van der Waals surface area contributed by atoms with Crippen molar-refractivity contribution in [1.29, 1.82) is 0 Å². The molecule has 1 unspecified atom stereocenters. The summed E-state index contributed by atoms with van der Waals surface area (Å²) in [5, 5.41) is 0. The summed E-state index contributed by atoms with van der Waals surface area (Å²) in [6.07, 6.45) is 1.19. The average molecular weight is 227 g/mol. The van der Waals surface area contributed by atoms with Crippen LogP contribution in [0.5, 0.6) is 0 Å². The zero-order chi connectivity index (χ0) is 12.3.